The molecule has 42 heavy (non-hydrogen) atoms. The minimum Gasteiger partial charge on any atom is -0.449 e. The Morgan fingerprint density at radius 1 is 0.976 bits per heavy atom. The molecule has 1 aliphatic carbocycles. The minimum atomic E-state index is -1.09. The van der Waals surface area contributed by atoms with Crippen molar-refractivity contribution >= 4 is 74.9 Å². The first-order chi connectivity index (χ1) is 19.9. The molecule has 1 N–H and O–H groups in total. The first-order valence-corrected chi connectivity index (χ1v) is 14.9. The Balaban J connectivity index is 1.56. The highest BCUT2D eigenvalue weighted by molar-refractivity contribution is 6.36. The molecule has 5 nitrogen and oxygen atoms in total. The number of rotatable bonds is 5. The van der Waals surface area contributed by atoms with Gasteiger partial charge in [-0.15, -0.1) is 0 Å². The number of anilines is 1. The first kappa shape index (κ1) is 30.1. The zero-order valence-electron chi connectivity index (χ0n) is 23.8. The second-order valence-electron chi connectivity index (χ2n) is 11.7. The summed E-state index contributed by atoms with van der Waals surface area (Å²) >= 11 is 18.3. The topological polar surface area (TPSA) is 68.3 Å². The number of benzene rings is 3. The van der Waals surface area contributed by atoms with Crippen LogP contribution in [-0.2, 0) is 16.0 Å². The molecule has 0 saturated heterocycles. The molecule has 1 heterocycles. The zero-order valence-corrected chi connectivity index (χ0v) is 26.1. The average molecular weight is 622 g/mol. The van der Waals surface area contributed by atoms with Gasteiger partial charge in [0.15, 0.2) is 6.10 Å². The number of ether oxygens (including phenoxy) is 1. The van der Waals surface area contributed by atoms with Gasteiger partial charge in [0, 0.05) is 15.4 Å². The molecule has 0 saturated carbocycles. The number of carbonyl (C=O) groups excluding carboxylic acids is 2. The SMILES string of the molecule is C[C@H](OC(=O)c1c2c(nc3ccccc13)/C(=C\c1ccc(Cl)cc1)C[C@H](C(C)(C)C)C2)C(=O)Nc1ccc(Cl)cc1Cl. The molecule has 1 aromatic heterocycles. The van der Waals surface area contributed by atoms with E-state index in [9.17, 15) is 9.59 Å². The minimum absolute atomic E-state index is 0.0331. The number of esters is 1. The number of hydrogen-bond donors (Lipinski definition) is 1. The van der Waals surface area contributed by atoms with Gasteiger partial charge in [-0.2, -0.15) is 0 Å². The van der Waals surface area contributed by atoms with Crippen LogP contribution < -0.4 is 5.32 Å². The predicted octanol–water partition coefficient (Wildman–Crippen LogP) is 9.53. The van der Waals surface area contributed by atoms with Gasteiger partial charge in [-0.25, -0.2) is 9.78 Å². The maximum Gasteiger partial charge on any atom is 0.339 e. The van der Waals surface area contributed by atoms with Crippen LogP contribution in [0.3, 0.4) is 0 Å². The third-order valence-electron chi connectivity index (χ3n) is 7.70. The third-order valence-corrected chi connectivity index (χ3v) is 8.50. The van der Waals surface area contributed by atoms with E-state index in [1.807, 2.05) is 48.5 Å². The smallest absolute Gasteiger partial charge is 0.339 e. The molecule has 4 aromatic rings. The second-order valence-corrected chi connectivity index (χ2v) is 13.0. The van der Waals surface area contributed by atoms with E-state index in [-0.39, 0.29) is 16.4 Å². The molecule has 216 valence electrons. The van der Waals surface area contributed by atoms with Gasteiger partial charge in [0.1, 0.15) is 0 Å². The highest BCUT2D eigenvalue weighted by atomic mass is 35.5. The number of nitrogens with one attached hydrogen (secondary N) is 1. The molecular weight excluding hydrogens is 591 g/mol. The summed E-state index contributed by atoms with van der Waals surface area (Å²) in [4.78, 5) is 32.0. The van der Waals surface area contributed by atoms with Gasteiger partial charge in [0.2, 0.25) is 0 Å². The third kappa shape index (κ3) is 6.49. The lowest BCUT2D eigenvalue weighted by atomic mass is 9.69. The van der Waals surface area contributed by atoms with E-state index < -0.39 is 18.0 Å². The van der Waals surface area contributed by atoms with Crippen LogP contribution in [0, 0.1) is 11.3 Å². The molecule has 0 aliphatic heterocycles. The summed E-state index contributed by atoms with van der Waals surface area (Å²) in [5, 5.41) is 4.81. The van der Waals surface area contributed by atoms with Crippen LogP contribution in [0.15, 0.2) is 66.7 Å². The van der Waals surface area contributed by atoms with E-state index in [0.29, 0.717) is 38.6 Å². The predicted molar refractivity (Wildman–Crippen MR) is 172 cm³/mol. The van der Waals surface area contributed by atoms with Crippen LogP contribution >= 0.6 is 34.8 Å². The molecule has 8 heteroatoms. The van der Waals surface area contributed by atoms with Gasteiger partial charge in [0.05, 0.1) is 27.5 Å². The first-order valence-electron chi connectivity index (χ1n) is 13.8. The van der Waals surface area contributed by atoms with Crippen LogP contribution in [-0.4, -0.2) is 23.0 Å². The Morgan fingerprint density at radius 3 is 2.36 bits per heavy atom. The Bertz CT molecular complexity index is 1710. The lowest BCUT2D eigenvalue weighted by molar-refractivity contribution is -0.123. The van der Waals surface area contributed by atoms with Crippen molar-refractivity contribution in [3.8, 4) is 0 Å². The van der Waals surface area contributed by atoms with Crippen molar-refractivity contribution in [2.45, 2.75) is 46.6 Å². The van der Waals surface area contributed by atoms with Gasteiger partial charge in [-0.1, -0.05) is 85.9 Å². The fraction of sp³-hybridized carbons (Fsp3) is 0.265. The molecule has 5 rings (SSSR count). The summed E-state index contributed by atoms with van der Waals surface area (Å²) < 4.78 is 5.81. The number of hydrogen-bond acceptors (Lipinski definition) is 4. The zero-order chi connectivity index (χ0) is 30.2. The Morgan fingerprint density at radius 2 is 1.67 bits per heavy atom. The lowest BCUT2D eigenvalue weighted by Gasteiger charge is -2.36. The van der Waals surface area contributed by atoms with Crippen molar-refractivity contribution in [1.82, 2.24) is 4.98 Å². The summed E-state index contributed by atoms with van der Waals surface area (Å²) in [6.45, 7) is 8.17. The van der Waals surface area contributed by atoms with Gasteiger partial charge < -0.3 is 10.1 Å². The molecule has 0 fully saturated rings. The van der Waals surface area contributed by atoms with E-state index >= 15 is 0 Å². The van der Waals surface area contributed by atoms with Crippen LogP contribution in [0.25, 0.3) is 22.6 Å². The van der Waals surface area contributed by atoms with Crippen molar-refractivity contribution in [2.75, 3.05) is 5.32 Å². The maximum atomic E-state index is 14.0. The molecule has 1 amide bonds. The number of amides is 1. The summed E-state index contributed by atoms with van der Waals surface area (Å²) in [5.74, 6) is -0.836. The normalized spacial score (nSPS) is 16.6. The number of carbonyl (C=O) groups is 2. The number of aromatic nitrogens is 1. The van der Waals surface area contributed by atoms with Gasteiger partial charge in [-0.3, -0.25) is 4.79 Å². The standard InChI is InChI=1S/C34H31Cl3N2O3/c1-19(32(40)39-29-14-13-24(36)18-27(29)37)42-33(41)30-25-7-5-6-8-28(25)38-31-21(15-20-9-11-23(35)12-10-20)16-22(17-26(30)31)34(2,3)4/h5-15,18-19,22H,16-17H2,1-4H3,(H,39,40)/b21-15-/t19-,22-/m0/s1. The van der Waals surface area contributed by atoms with E-state index in [0.717, 1.165) is 28.8 Å². The van der Waals surface area contributed by atoms with Gasteiger partial charge >= 0.3 is 5.97 Å². The van der Waals surface area contributed by atoms with Gasteiger partial charge in [-0.05, 0) is 90.3 Å². The molecule has 2 atom stereocenters. The lowest BCUT2D eigenvalue weighted by Crippen LogP contribution is -2.32. The molecule has 0 bridgehead atoms. The van der Waals surface area contributed by atoms with Crippen molar-refractivity contribution in [1.29, 1.82) is 0 Å². The fourth-order valence-corrected chi connectivity index (χ4v) is 5.81. The second kappa shape index (κ2) is 12.1. The number of allylic oxidation sites excluding steroid dienone is 1. The van der Waals surface area contributed by atoms with E-state index in [1.54, 1.807) is 12.1 Å². The van der Waals surface area contributed by atoms with Crippen molar-refractivity contribution in [2.24, 2.45) is 11.3 Å². The number of nitrogens with zero attached hydrogens (tertiary/aromatic N) is 1. The number of fused-ring (bicyclic) bond motifs is 2. The van der Waals surface area contributed by atoms with Crippen molar-refractivity contribution in [3.63, 3.8) is 0 Å². The van der Waals surface area contributed by atoms with Crippen LogP contribution in [0.1, 0.15) is 61.3 Å². The van der Waals surface area contributed by atoms with E-state index in [4.69, 9.17) is 44.5 Å². The van der Waals surface area contributed by atoms with Crippen LogP contribution in [0.2, 0.25) is 15.1 Å². The van der Waals surface area contributed by atoms with Crippen molar-refractivity contribution in [3.05, 3.63) is 104 Å². The molecule has 1 aliphatic rings. The Hall–Kier alpha value is -3.38. The van der Waals surface area contributed by atoms with E-state index in [1.165, 1.54) is 13.0 Å². The van der Waals surface area contributed by atoms with E-state index in [2.05, 4.69) is 32.2 Å². The number of pyridine rings is 1. The van der Waals surface area contributed by atoms with Crippen LogP contribution in [0.5, 0.6) is 0 Å². The number of halogens is 3. The summed E-state index contributed by atoms with van der Waals surface area (Å²) in [6, 6.07) is 20.0. The Kier molecular flexibility index (Phi) is 8.66. The highest BCUT2D eigenvalue weighted by Gasteiger charge is 2.36. The molecule has 0 spiro atoms. The quantitative estimate of drug-likeness (QED) is 0.225. The Labute approximate surface area is 260 Å². The average Bonchev–Trinajstić information content (AvgIpc) is 2.93. The summed E-state index contributed by atoms with van der Waals surface area (Å²) in [5.41, 5.74) is 5.13. The summed E-state index contributed by atoms with van der Waals surface area (Å²) in [7, 11) is 0. The fourth-order valence-electron chi connectivity index (χ4n) is 5.23. The van der Waals surface area contributed by atoms with Gasteiger partial charge in [0.25, 0.3) is 5.91 Å². The maximum absolute atomic E-state index is 14.0. The monoisotopic (exact) mass is 620 g/mol. The molecule has 3 aromatic carbocycles. The molecular formula is C34H31Cl3N2O3. The molecule has 0 radical (unpaired) electrons. The summed E-state index contributed by atoms with van der Waals surface area (Å²) in [6.07, 6.45) is 2.49. The van der Waals surface area contributed by atoms with Crippen LogP contribution in [0.4, 0.5) is 5.69 Å². The highest BCUT2D eigenvalue weighted by Crippen LogP contribution is 2.45. The molecule has 0 unspecified atom stereocenters. The van der Waals surface area contributed by atoms with Crippen molar-refractivity contribution < 1.29 is 14.3 Å². The largest absolute Gasteiger partial charge is 0.449 e. The number of para-hydroxylation sites is 1.